The Morgan fingerprint density at radius 2 is 1.92 bits per heavy atom. The molecule has 1 aliphatic rings. The summed E-state index contributed by atoms with van der Waals surface area (Å²) < 4.78 is 44.9. The van der Waals surface area contributed by atoms with Gasteiger partial charge in [0.25, 0.3) is 5.91 Å². The number of carbonyl (C=O) groups is 1. The number of benzene rings is 1. The number of oxazole rings is 1. The summed E-state index contributed by atoms with van der Waals surface area (Å²) in [6.07, 6.45) is -0.526. The highest BCUT2D eigenvalue weighted by molar-refractivity contribution is 5.94. The summed E-state index contributed by atoms with van der Waals surface area (Å²) in [5, 5.41) is 2.93. The summed E-state index contributed by atoms with van der Waals surface area (Å²) in [5.41, 5.74) is 8.86. The van der Waals surface area contributed by atoms with Crippen molar-refractivity contribution in [2.24, 2.45) is 5.92 Å². The lowest BCUT2D eigenvalue weighted by Crippen LogP contribution is -2.39. The number of nitrogens with one attached hydrogen (secondary N) is 1. The molecule has 1 fully saturated rings. The van der Waals surface area contributed by atoms with Gasteiger partial charge in [0.05, 0.1) is 5.56 Å². The van der Waals surface area contributed by atoms with Crippen LogP contribution < -0.4 is 16.0 Å². The van der Waals surface area contributed by atoms with Crippen LogP contribution in [-0.4, -0.2) is 45.5 Å². The van der Waals surface area contributed by atoms with Crippen molar-refractivity contribution in [3.8, 4) is 11.6 Å². The number of hydrogen-bond acceptors (Lipinski definition) is 8. The van der Waals surface area contributed by atoms with E-state index in [0.717, 1.165) is 17.8 Å². The van der Waals surface area contributed by atoms with Gasteiger partial charge in [-0.15, -0.1) is 0 Å². The third-order valence-corrected chi connectivity index (χ3v) is 6.79. The topological polar surface area (TPSA) is 123 Å². The molecule has 1 amide bonds. The van der Waals surface area contributed by atoms with E-state index in [0.29, 0.717) is 66.4 Å². The fourth-order valence-electron chi connectivity index (χ4n) is 4.61. The standard InChI is InChI=1S/C27H28F3N7O2/c1-15(2)19-11-18(31)12-21-23(19)39-25(35-21)20-4-3-17(14-33-20)24(38)34-13-16-6-9-37(10-7-16)26-32-8-5-22(36-26)27(28,29)30/h3-5,8,11-12,14-16H,6-7,9-10,13,31H2,1-2H3,(H,34,38). The van der Waals surface area contributed by atoms with Gasteiger partial charge < -0.3 is 20.4 Å². The number of anilines is 2. The number of nitrogens with two attached hydrogens (primary N) is 1. The van der Waals surface area contributed by atoms with Crippen LogP contribution in [0.1, 0.15) is 54.2 Å². The summed E-state index contributed by atoms with van der Waals surface area (Å²) in [5.74, 6) is 0.551. The second kappa shape index (κ2) is 10.5. The number of alkyl halides is 3. The predicted octanol–water partition coefficient (Wildman–Crippen LogP) is 5.05. The molecular formula is C27H28F3N7O2. The van der Waals surface area contributed by atoms with Crippen molar-refractivity contribution in [2.75, 3.05) is 30.3 Å². The molecule has 4 aromatic rings. The van der Waals surface area contributed by atoms with Crippen LogP contribution in [0.2, 0.25) is 0 Å². The van der Waals surface area contributed by atoms with Crippen LogP contribution in [-0.2, 0) is 6.18 Å². The minimum absolute atomic E-state index is 0.0707. The lowest BCUT2D eigenvalue weighted by Gasteiger charge is -2.32. The molecule has 3 aromatic heterocycles. The number of fused-ring (bicyclic) bond motifs is 1. The Labute approximate surface area is 222 Å². The Balaban J connectivity index is 1.17. The zero-order valence-corrected chi connectivity index (χ0v) is 21.5. The Morgan fingerprint density at radius 1 is 1.15 bits per heavy atom. The molecule has 3 N–H and O–H groups in total. The smallest absolute Gasteiger partial charge is 0.433 e. The van der Waals surface area contributed by atoms with Crippen LogP contribution in [0.15, 0.2) is 47.1 Å². The normalized spacial score (nSPS) is 14.8. The van der Waals surface area contributed by atoms with E-state index in [2.05, 4.69) is 39.1 Å². The first-order valence-electron chi connectivity index (χ1n) is 12.7. The maximum Gasteiger partial charge on any atom is 0.433 e. The second-order valence-electron chi connectivity index (χ2n) is 9.94. The molecule has 0 saturated carbocycles. The third kappa shape index (κ3) is 5.79. The van der Waals surface area contributed by atoms with E-state index in [1.807, 2.05) is 6.07 Å². The van der Waals surface area contributed by atoms with E-state index in [4.69, 9.17) is 10.2 Å². The van der Waals surface area contributed by atoms with Gasteiger partial charge in [0.2, 0.25) is 11.8 Å². The number of carbonyl (C=O) groups excluding carboxylic acids is 1. The number of rotatable bonds is 6. The fourth-order valence-corrected chi connectivity index (χ4v) is 4.61. The summed E-state index contributed by atoms with van der Waals surface area (Å²) in [7, 11) is 0. The molecule has 0 aliphatic carbocycles. The molecule has 12 heteroatoms. The molecule has 0 radical (unpaired) electrons. The van der Waals surface area contributed by atoms with Crippen LogP contribution in [0.5, 0.6) is 0 Å². The molecule has 0 spiro atoms. The van der Waals surface area contributed by atoms with Gasteiger partial charge in [-0.3, -0.25) is 9.78 Å². The average Bonchev–Trinajstić information content (AvgIpc) is 3.35. The molecule has 9 nitrogen and oxygen atoms in total. The van der Waals surface area contributed by atoms with Gasteiger partial charge in [0.15, 0.2) is 5.58 Å². The van der Waals surface area contributed by atoms with Crippen molar-refractivity contribution < 1.29 is 22.4 Å². The van der Waals surface area contributed by atoms with E-state index in [9.17, 15) is 18.0 Å². The van der Waals surface area contributed by atoms with Gasteiger partial charge in [0.1, 0.15) is 16.9 Å². The number of amides is 1. The largest absolute Gasteiger partial charge is 0.434 e. The van der Waals surface area contributed by atoms with Gasteiger partial charge in [-0.2, -0.15) is 13.2 Å². The number of halogens is 3. The Hall–Kier alpha value is -4.22. The lowest BCUT2D eigenvalue weighted by atomic mass is 9.97. The van der Waals surface area contributed by atoms with Gasteiger partial charge in [-0.25, -0.2) is 15.0 Å². The minimum Gasteiger partial charge on any atom is -0.434 e. The average molecular weight is 540 g/mol. The molecule has 39 heavy (non-hydrogen) atoms. The number of hydrogen-bond donors (Lipinski definition) is 2. The predicted molar refractivity (Wildman–Crippen MR) is 140 cm³/mol. The first-order valence-corrected chi connectivity index (χ1v) is 12.7. The van der Waals surface area contributed by atoms with E-state index < -0.39 is 11.9 Å². The number of nitrogens with zero attached hydrogens (tertiary/aromatic N) is 5. The van der Waals surface area contributed by atoms with Crippen molar-refractivity contribution >= 4 is 28.6 Å². The zero-order chi connectivity index (χ0) is 27.7. The van der Waals surface area contributed by atoms with E-state index in [1.54, 1.807) is 23.1 Å². The monoisotopic (exact) mass is 539 g/mol. The highest BCUT2D eigenvalue weighted by Crippen LogP contribution is 2.32. The molecule has 5 rings (SSSR count). The van der Waals surface area contributed by atoms with Gasteiger partial charge in [-0.05, 0) is 55.0 Å². The Morgan fingerprint density at radius 3 is 2.59 bits per heavy atom. The van der Waals surface area contributed by atoms with Crippen molar-refractivity contribution in [3.63, 3.8) is 0 Å². The molecule has 0 unspecified atom stereocenters. The maximum absolute atomic E-state index is 13.0. The van der Waals surface area contributed by atoms with Crippen molar-refractivity contribution in [2.45, 2.75) is 38.8 Å². The molecule has 1 aliphatic heterocycles. The van der Waals surface area contributed by atoms with Gasteiger partial charge in [0, 0.05) is 43.3 Å². The molecule has 4 heterocycles. The van der Waals surface area contributed by atoms with E-state index in [-0.39, 0.29) is 23.7 Å². The lowest BCUT2D eigenvalue weighted by molar-refractivity contribution is -0.141. The minimum atomic E-state index is -4.51. The number of aromatic nitrogens is 4. The highest BCUT2D eigenvalue weighted by atomic mass is 19.4. The quantitative estimate of drug-likeness (QED) is 0.326. The molecule has 1 aromatic carbocycles. The van der Waals surface area contributed by atoms with Crippen molar-refractivity contribution in [1.29, 1.82) is 0 Å². The third-order valence-electron chi connectivity index (χ3n) is 6.79. The molecule has 0 atom stereocenters. The van der Waals surface area contributed by atoms with Crippen molar-refractivity contribution in [1.82, 2.24) is 25.3 Å². The maximum atomic E-state index is 13.0. The first-order chi connectivity index (χ1) is 18.6. The van der Waals surface area contributed by atoms with Gasteiger partial charge in [-0.1, -0.05) is 13.8 Å². The van der Waals surface area contributed by atoms with Crippen LogP contribution in [0.3, 0.4) is 0 Å². The molecule has 204 valence electrons. The van der Waals surface area contributed by atoms with Gasteiger partial charge >= 0.3 is 6.18 Å². The zero-order valence-electron chi connectivity index (χ0n) is 21.5. The van der Waals surface area contributed by atoms with Crippen LogP contribution in [0, 0.1) is 5.92 Å². The van der Waals surface area contributed by atoms with Crippen LogP contribution in [0.25, 0.3) is 22.7 Å². The fraction of sp³-hybridized carbons (Fsp3) is 0.370. The summed E-state index contributed by atoms with van der Waals surface area (Å²) >= 11 is 0. The number of piperidine rings is 1. The van der Waals surface area contributed by atoms with Crippen molar-refractivity contribution in [3.05, 3.63) is 59.5 Å². The van der Waals surface area contributed by atoms with Crippen LogP contribution in [0.4, 0.5) is 24.8 Å². The molecule has 1 saturated heterocycles. The molecular weight excluding hydrogens is 511 g/mol. The Kier molecular flexibility index (Phi) is 7.11. The first kappa shape index (κ1) is 26.4. The SMILES string of the molecule is CC(C)c1cc(N)cc2nc(-c3ccc(C(=O)NCC4CCN(c5nccc(C(F)(F)F)n5)CC4)cn3)oc12. The second-order valence-corrected chi connectivity index (χ2v) is 9.94. The molecule has 0 bridgehead atoms. The van der Waals surface area contributed by atoms with E-state index in [1.165, 1.54) is 6.20 Å². The summed E-state index contributed by atoms with van der Waals surface area (Å²) in [4.78, 5) is 31.0. The number of pyridine rings is 1. The van der Waals surface area contributed by atoms with E-state index >= 15 is 0 Å². The summed E-state index contributed by atoms with van der Waals surface area (Å²) in [6.45, 7) is 5.56. The van der Waals surface area contributed by atoms with Crippen LogP contribution >= 0.6 is 0 Å². The number of nitrogen functional groups attached to an aromatic ring is 1. The summed E-state index contributed by atoms with van der Waals surface area (Å²) in [6, 6.07) is 7.85. The Bertz CT molecular complexity index is 1480. The highest BCUT2D eigenvalue weighted by Gasteiger charge is 2.33.